The van der Waals surface area contributed by atoms with E-state index in [0.717, 1.165) is 39.7 Å². The van der Waals surface area contributed by atoms with Crippen LogP contribution < -0.4 is 0 Å². The number of rotatable bonds is 2. The first-order chi connectivity index (χ1) is 9.97. The van der Waals surface area contributed by atoms with E-state index in [-0.39, 0.29) is 0 Å². The van der Waals surface area contributed by atoms with Crippen LogP contribution in [-0.2, 0) is 0 Å². The van der Waals surface area contributed by atoms with Crippen molar-refractivity contribution in [1.29, 1.82) is 0 Å². The Morgan fingerprint density at radius 1 is 1.05 bits per heavy atom. The molecule has 1 aromatic carbocycles. The molecule has 0 atom stereocenters. The number of hydrogen-bond donors (Lipinski definition) is 0. The van der Waals surface area contributed by atoms with Crippen LogP contribution in [0.5, 0.6) is 0 Å². The van der Waals surface area contributed by atoms with E-state index >= 15 is 0 Å². The molecule has 0 aliphatic heterocycles. The smallest absolute Gasteiger partial charge is 0.153 e. The van der Waals surface area contributed by atoms with Crippen LogP contribution in [0.1, 0.15) is 22.6 Å². The van der Waals surface area contributed by atoms with E-state index in [2.05, 4.69) is 5.10 Å². The number of aryl methyl sites for hydroxylation is 3. The van der Waals surface area contributed by atoms with Crippen molar-refractivity contribution in [3.8, 4) is 17.1 Å². The lowest BCUT2D eigenvalue weighted by Crippen LogP contribution is -2.00. The lowest BCUT2D eigenvalue weighted by atomic mass is 10.1. The molecule has 3 nitrogen and oxygen atoms in total. The molecule has 0 saturated heterocycles. The monoisotopic (exact) mass is 300 g/mol. The van der Waals surface area contributed by atoms with Gasteiger partial charge in [-0.1, -0.05) is 17.7 Å². The highest BCUT2D eigenvalue weighted by atomic mass is 35.5. The average Bonchev–Trinajstić information content (AvgIpc) is 2.95. The van der Waals surface area contributed by atoms with Crippen LogP contribution in [0.15, 0.2) is 34.7 Å². The minimum Gasteiger partial charge on any atom is -0.460 e. The molecule has 0 radical (unpaired) electrons. The Kier molecular flexibility index (Phi) is 3.38. The maximum atomic E-state index is 6.40. The second kappa shape index (κ2) is 5.08. The molecule has 0 spiro atoms. The summed E-state index contributed by atoms with van der Waals surface area (Å²) >= 11 is 6.40. The van der Waals surface area contributed by atoms with E-state index in [9.17, 15) is 0 Å². The van der Waals surface area contributed by atoms with Crippen LogP contribution in [-0.4, -0.2) is 9.78 Å². The topological polar surface area (TPSA) is 31.0 Å². The SMILES string of the molecule is Cc1ccc(-n2nc(C)c(C)c2-c2ccc(C)o2)c(Cl)c1. The van der Waals surface area contributed by atoms with Gasteiger partial charge in [-0.3, -0.25) is 0 Å². The number of benzene rings is 1. The van der Waals surface area contributed by atoms with Gasteiger partial charge in [0, 0.05) is 5.56 Å². The summed E-state index contributed by atoms with van der Waals surface area (Å²) < 4.78 is 7.65. The first-order valence-corrected chi connectivity index (χ1v) is 7.24. The van der Waals surface area contributed by atoms with Gasteiger partial charge in [-0.15, -0.1) is 0 Å². The molecule has 3 rings (SSSR count). The fourth-order valence-electron chi connectivity index (χ4n) is 2.41. The minimum absolute atomic E-state index is 0.682. The zero-order valence-electron chi connectivity index (χ0n) is 12.6. The Hall–Kier alpha value is -2.00. The lowest BCUT2D eigenvalue weighted by Gasteiger charge is -2.09. The number of aromatic nitrogens is 2. The maximum absolute atomic E-state index is 6.40. The van der Waals surface area contributed by atoms with Crippen molar-refractivity contribution in [1.82, 2.24) is 9.78 Å². The van der Waals surface area contributed by atoms with Crippen LogP contribution in [0.3, 0.4) is 0 Å². The van der Waals surface area contributed by atoms with Crippen molar-refractivity contribution in [2.45, 2.75) is 27.7 Å². The highest BCUT2D eigenvalue weighted by Crippen LogP contribution is 2.32. The number of nitrogens with zero attached hydrogens (tertiary/aromatic N) is 2. The fraction of sp³-hybridized carbons (Fsp3) is 0.235. The molecule has 3 aromatic rings. The van der Waals surface area contributed by atoms with Crippen LogP contribution >= 0.6 is 11.6 Å². The normalized spacial score (nSPS) is 11.1. The first kappa shape index (κ1) is 14.0. The van der Waals surface area contributed by atoms with E-state index < -0.39 is 0 Å². The predicted molar refractivity (Wildman–Crippen MR) is 85.2 cm³/mol. The number of halogens is 1. The molecule has 2 heterocycles. The van der Waals surface area contributed by atoms with Crippen molar-refractivity contribution in [2.75, 3.05) is 0 Å². The van der Waals surface area contributed by atoms with Crippen molar-refractivity contribution in [2.24, 2.45) is 0 Å². The zero-order valence-corrected chi connectivity index (χ0v) is 13.3. The second-order valence-corrected chi connectivity index (χ2v) is 5.74. The Bertz CT molecular complexity index is 814. The van der Waals surface area contributed by atoms with Crippen molar-refractivity contribution in [3.05, 3.63) is 57.9 Å². The average molecular weight is 301 g/mol. The van der Waals surface area contributed by atoms with E-state index in [0.29, 0.717) is 5.02 Å². The summed E-state index contributed by atoms with van der Waals surface area (Å²) in [6.07, 6.45) is 0. The molecule has 0 aliphatic carbocycles. The van der Waals surface area contributed by atoms with Gasteiger partial charge in [0.05, 0.1) is 16.4 Å². The van der Waals surface area contributed by atoms with Crippen molar-refractivity contribution < 1.29 is 4.42 Å². The first-order valence-electron chi connectivity index (χ1n) is 6.87. The largest absolute Gasteiger partial charge is 0.460 e. The third-order valence-corrected chi connectivity index (χ3v) is 3.97. The molecule has 0 saturated carbocycles. The highest BCUT2D eigenvalue weighted by Gasteiger charge is 2.19. The van der Waals surface area contributed by atoms with Crippen molar-refractivity contribution in [3.63, 3.8) is 0 Å². The molecule has 108 valence electrons. The van der Waals surface area contributed by atoms with E-state index in [4.69, 9.17) is 16.0 Å². The summed E-state index contributed by atoms with van der Waals surface area (Å²) in [5, 5.41) is 5.31. The molecule has 0 aliphatic rings. The molecule has 0 fully saturated rings. The van der Waals surface area contributed by atoms with Gasteiger partial charge in [0.1, 0.15) is 11.5 Å². The van der Waals surface area contributed by atoms with E-state index in [1.165, 1.54) is 0 Å². The Balaban J connectivity index is 2.26. The summed E-state index contributed by atoms with van der Waals surface area (Å²) in [6, 6.07) is 9.89. The molecule has 4 heteroatoms. The van der Waals surface area contributed by atoms with Gasteiger partial charge in [0.15, 0.2) is 5.76 Å². The third kappa shape index (κ3) is 2.38. The van der Waals surface area contributed by atoms with E-state index in [1.807, 2.05) is 62.7 Å². The molecule has 2 aromatic heterocycles. The summed E-state index contributed by atoms with van der Waals surface area (Å²) in [7, 11) is 0. The van der Waals surface area contributed by atoms with Gasteiger partial charge in [0.25, 0.3) is 0 Å². The van der Waals surface area contributed by atoms with Gasteiger partial charge in [-0.2, -0.15) is 5.10 Å². The molecule has 0 N–H and O–H groups in total. The number of furan rings is 1. The molecule has 0 bridgehead atoms. The van der Waals surface area contributed by atoms with Crippen LogP contribution in [0.25, 0.3) is 17.1 Å². The third-order valence-electron chi connectivity index (χ3n) is 3.66. The Morgan fingerprint density at radius 2 is 1.81 bits per heavy atom. The van der Waals surface area contributed by atoms with Gasteiger partial charge >= 0.3 is 0 Å². The van der Waals surface area contributed by atoms with Crippen LogP contribution in [0.4, 0.5) is 0 Å². The summed E-state index contributed by atoms with van der Waals surface area (Å²) in [5.74, 6) is 1.69. The van der Waals surface area contributed by atoms with Gasteiger partial charge < -0.3 is 4.42 Å². The molecule has 0 unspecified atom stereocenters. The maximum Gasteiger partial charge on any atom is 0.153 e. The van der Waals surface area contributed by atoms with Gasteiger partial charge in [0.2, 0.25) is 0 Å². The molecular weight excluding hydrogens is 284 g/mol. The molecular formula is C17H17ClN2O. The number of hydrogen-bond acceptors (Lipinski definition) is 2. The zero-order chi connectivity index (χ0) is 15.1. The molecule has 0 amide bonds. The van der Waals surface area contributed by atoms with Crippen molar-refractivity contribution >= 4 is 11.6 Å². The summed E-state index contributed by atoms with van der Waals surface area (Å²) in [4.78, 5) is 0. The van der Waals surface area contributed by atoms with Gasteiger partial charge in [-0.05, 0) is 57.5 Å². The second-order valence-electron chi connectivity index (χ2n) is 5.34. The Labute approximate surface area is 129 Å². The van der Waals surface area contributed by atoms with Crippen LogP contribution in [0, 0.1) is 27.7 Å². The fourth-order valence-corrected chi connectivity index (χ4v) is 2.73. The Morgan fingerprint density at radius 3 is 2.43 bits per heavy atom. The van der Waals surface area contributed by atoms with Crippen LogP contribution in [0.2, 0.25) is 5.02 Å². The quantitative estimate of drug-likeness (QED) is 0.665. The van der Waals surface area contributed by atoms with Gasteiger partial charge in [-0.25, -0.2) is 4.68 Å². The lowest BCUT2D eigenvalue weighted by molar-refractivity contribution is 0.543. The summed E-state index contributed by atoms with van der Waals surface area (Å²) in [5.41, 5.74) is 5.00. The predicted octanol–water partition coefficient (Wildman–Crippen LogP) is 5.02. The summed E-state index contributed by atoms with van der Waals surface area (Å²) in [6.45, 7) is 8.00. The van der Waals surface area contributed by atoms with E-state index in [1.54, 1.807) is 0 Å². The minimum atomic E-state index is 0.682. The molecule has 21 heavy (non-hydrogen) atoms. The standard InChI is InChI=1S/C17H17ClN2O/c1-10-5-7-15(14(18)9-10)20-17(12(3)13(4)19-20)16-8-6-11(2)21-16/h5-9H,1-4H3. The highest BCUT2D eigenvalue weighted by molar-refractivity contribution is 6.32.